The molecule has 5 heteroatoms. The summed E-state index contributed by atoms with van der Waals surface area (Å²) < 4.78 is 23.7. The van der Waals surface area contributed by atoms with Crippen molar-refractivity contribution in [2.45, 2.75) is 57.3 Å². The van der Waals surface area contributed by atoms with Crippen molar-refractivity contribution in [2.75, 3.05) is 39.5 Å². The Bertz CT molecular complexity index is 554. The van der Waals surface area contributed by atoms with E-state index in [1.165, 1.54) is 6.42 Å². The number of rotatable bonds is 5. The fourth-order valence-corrected chi connectivity index (χ4v) is 4.50. The highest BCUT2D eigenvalue weighted by Crippen LogP contribution is 2.36. The van der Waals surface area contributed by atoms with Gasteiger partial charge in [0.15, 0.2) is 0 Å². The molecule has 3 fully saturated rings. The van der Waals surface area contributed by atoms with Gasteiger partial charge >= 0.3 is 0 Å². The number of hydrogen-bond donors (Lipinski definition) is 0. The van der Waals surface area contributed by atoms with E-state index >= 15 is 0 Å². The first-order valence-corrected chi connectivity index (χ1v) is 9.82. The zero-order valence-corrected chi connectivity index (χ0v) is 15.4. The van der Waals surface area contributed by atoms with Crippen molar-refractivity contribution in [3.63, 3.8) is 0 Å². The van der Waals surface area contributed by atoms with Crippen LogP contribution in [0.1, 0.15) is 43.6 Å². The molecule has 0 saturated carbocycles. The van der Waals surface area contributed by atoms with E-state index in [9.17, 15) is 0 Å². The second kappa shape index (κ2) is 7.78. The summed E-state index contributed by atoms with van der Waals surface area (Å²) >= 11 is 0. The zero-order valence-electron chi connectivity index (χ0n) is 15.4. The van der Waals surface area contributed by atoms with Crippen LogP contribution in [0.25, 0.3) is 0 Å². The molecule has 25 heavy (non-hydrogen) atoms. The van der Waals surface area contributed by atoms with Crippen LogP contribution in [0.4, 0.5) is 0 Å². The van der Waals surface area contributed by atoms with Gasteiger partial charge in [0.25, 0.3) is 0 Å². The molecule has 3 aliphatic heterocycles. The zero-order chi connectivity index (χ0) is 17.1. The molecule has 1 aromatic heterocycles. The molecule has 0 amide bonds. The lowest BCUT2D eigenvalue weighted by Gasteiger charge is -2.39. The second-order valence-corrected chi connectivity index (χ2v) is 8.04. The standard InChI is InChI=1S/C20H31NO4/c1-16-3-4-18(25-16)12-21-8-2-7-20(15-21)11-19(14-24-20)23-13-17-5-9-22-10-6-17/h3-4,17,19H,2,5-15H2,1H3/t19-,20-/m0/s1. The van der Waals surface area contributed by atoms with Crippen LogP contribution in [-0.2, 0) is 20.8 Å². The number of piperidine rings is 1. The molecule has 1 aromatic rings. The Morgan fingerprint density at radius 1 is 1.28 bits per heavy atom. The molecule has 140 valence electrons. The van der Waals surface area contributed by atoms with Crippen LogP contribution in [0, 0.1) is 12.8 Å². The van der Waals surface area contributed by atoms with Gasteiger partial charge in [-0.1, -0.05) is 0 Å². The van der Waals surface area contributed by atoms with Gasteiger partial charge in [-0.05, 0) is 57.2 Å². The predicted molar refractivity (Wildman–Crippen MR) is 94.5 cm³/mol. The van der Waals surface area contributed by atoms with E-state index in [2.05, 4.69) is 11.0 Å². The highest BCUT2D eigenvalue weighted by atomic mass is 16.6. The summed E-state index contributed by atoms with van der Waals surface area (Å²) in [5, 5.41) is 0. The number of furan rings is 1. The van der Waals surface area contributed by atoms with Gasteiger partial charge in [-0.3, -0.25) is 4.90 Å². The Balaban J connectivity index is 1.26. The highest BCUT2D eigenvalue weighted by Gasteiger charge is 2.44. The minimum atomic E-state index is -0.0137. The van der Waals surface area contributed by atoms with Crippen LogP contribution >= 0.6 is 0 Å². The summed E-state index contributed by atoms with van der Waals surface area (Å²) in [4.78, 5) is 2.47. The molecule has 4 rings (SSSR count). The van der Waals surface area contributed by atoms with Crippen molar-refractivity contribution in [2.24, 2.45) is 5.92 Å². The third kappa shape index (κ3) is 4.45. The van der Waals surface area contributed by atoms with Crippen LogP contribution in [0.15, 0.2) is 16.5 Å². The quantitative estimate of drug-likeness (QED) is 0.817. The van der Waals surface area contributed by atoms with Crippen LogP contribution < -0.4 is 0 Å². The number of hydrogen-bond acceptors (Lipinski definition) is 5. The number of nitrogens with zero attached hydrogens (tertiary/aromatic N) is 1. The van der Waals surface area contributed by atoms with Crippen LogP contribution in [0.5, 0.6) is 0 Å². The Hall–Kier alpha value is -0.880. The van der Waals surface area contributed by atoms with E-state index in [1.807, 2.05) is 13.0 Å². The maximum atomic E-state index is 6.29. The molecule has 4 heterocycles. The summed E-state index contributed by atoms with van der Waals surface area (Å²) in [6.45, 7) is 8.39. The molecule has 0 N–H and O–H groups in total. The summed E-state index contributed by atoms with van der Waals surface area (Å²) in [5.41, 5.74) is -0.0137. The Labute approximate surface area is 150 Å². The first-order valence-electron chi connectivity index (χ1n) is 9.82. The van der Waals surface area contributed by atoms with E-state index in [0.717, 1.165) is 83.3 Å². The molecule has 0 aromatic carbocycles. The molecule has 0 aliphatic carbocycles. The molecule has 3 saturated heterocycles. The molecule has 3 aliphatic rings. The summed E-state index contributed by atoms with van der Waals surface area (Å²) in [6.07, 6.45) is 5.90. The average Bonchev–Trinajstić information content (AvgIpc) is 3.20. The number of aryl methyl sites for hydroxylation is 1. The normalized spacial score (nSPS) is 31.8. The molecular weight excluding hydrogens is 318 g/mol. The molecular formula is C20H31NO4. The fraction of sp³-hybridized carbons (Fsp3) is 0.800. The van der Waals surface area contributed by atoms with Crippen molar-refractivity contribution in [1.82, 2.24) is 4.90 Å². The minimum Gasteiger partial charge on any atom is -0.465 e. The van der Waals surface area contributed by atoms with E-state index in [0.29, 0.717) is 5.92 Å². The van der Waals surface area contributed by atoms with Crippen molar-refractivity contribution >= 4 is 0 Å². The average molecular weight is 349 g/mol. The third-order valence-corrected chi connectivity index (χ3v) is 5.88. The SMILES string of the molecule is Cc1ccc(CN2CCC[C@]3(C[C@H](OCC4CCOCC4)CO3)C2)o1. The highest BCUT2D eigenvalue weighted by molar-refractivity contribution is 5.06. The number of ether oxygens (including phenoxy) is 3. The lowest BCUT2D eigenvalue weighted by molar-refractivity contribution is -0.0565. The van der Waals surface area contributed by atoms with Crippen LogP contribution in [0.3, 0.4) is 0 Å². The first kappa shape index (κ1) is 17.5. The van der Waals surface area contributed by atoms with Gasteiger partial charge < -0.3 is 18.6 Å². The maximum Gasteiger partial charge on any atom is 0.118 e. The summed E-state index contributed by atoms with van der Waals surface area (Å²) in [6, 6.07) is 4.13. The lowest BCUT2D eigenvalue weighted by Crippen LogP contribution is -2.47. The van der Waals surface area contributed by atoms with Gasteiger partial charge in [-0.2, -0.15) is 0 Å². The second-order valence-electron chi connectivity index (χ2n) is 8.04. The van der Waals surface area contributed by atoms with Crippen molar-refractivity contribution < 1.29 is 18.6 Å². The molecule has 2 atom stereocenters. The molecule has 1 spiro atoms. The van der Waals surface area contributed by atoms with E-state index < -0.39 is 0 Å². The van der Waals surface area contributed by atoms with E-state index in [1.54, 1.807) is 0 Å². The van der Waals surface area contributed by atoms with E-state index in [4.69, 9.17) is 18.6 Å². The monoisotopic (exact) mass is 349 g/mol. The Morgan fingerprint density at radius 2 is 2.16 bits per heavy atom. The van der Waals surface area contributed by atoms with Gasteiger partial charge in [0.05, 0.1) is 31.5 Å². The Kier molecular flexibility index (Phi) is 5.46. The van der Waals surface area contributed by atoms with Gasteiger partial charge in [-0.25, -0.2) is 0 Å². The molecule has 0 bridgehead atoms. The van der Waals surface area contributed by atoms with Gasteiger partial charge in [0, 0.05) is 26.2 Å². The smallest absolute Gasteiger partial charge is 0.118 e. The van der Waals surface area contributed by atoms with Crippen molar-refractivity contribution in [3.05, 3.63) is 23.7 Å². The summed E-state index contributed by atoms with van der Waals surface area (Å²) in [7, 11) is 0. The molecule has 0 radical (unpaired) electrons. The predicted octanol–water partition coefficient (Wildman–Crippen LogP) is 3.15. The van der Waals surface area contributed by atoms with Crippen molar-refractivity contribution in [3.8, 4) is 0 Å². The summed E-state index contributed by atoms with van der Waals surface area (Å²) in [5.74, 6) is 2.70. The minimum absolute atomic E-state index is 0.0137. The van der Waals surface area contributed by atoms with Crippen LogP contribution in [0.2, 0.25) is 0 Å². The van der Waals surface area contributed by atoms with E-state index in [-0.39, 0.29) is 11.7 Å². The molecule has 5 nitrogen and oxygen atoms in total. The maximum absolute atomic E-state index is 6.29. The number of likely N-dealkylation sites (tertiary alicyclic amines) is 1. The molecule has 0 unspecified atom stereocenters. The van der Waals surface area contributed by atoms with Crippen molar-refractivity contribution in [1.29, 1.82) is 0 Å². The largest absolute Gasteiger partial charge is 0.465 e. The van der Waals surface area contributed by atoms with Gasteiger partial charge in [0.1, 0.15) is 11.5 Å². The topological polar surface area (TPSA) is 44.1 Å². The first-order chi connectivity index (χ1) is 12.2. The van der Waals surface area contributed by atoms with Gasteiger partial charge in [0.2, 0.25) is 0 Å². The lowest BCUT2D eigenvalue weighted by atomic mass is 9.89. The third-order valence-electron chi connectivity index (χ3n) is 5.88. The van der Waals surface area contributed by atoms with Gasteiger partial charge in [-0.15, -0.1) is 0 Å². The Morgan fingerprint density at radius 3 is 2.96 bits per heavy atom. The fourth-order valence-electron chi connectivity index (χ4n) is 4.50. The van der Waals surface area contributed by atoms with Crippen LogP contribution in [-0.4, -0.2) is 56.1 Å².